The van der Waals surface area contributed by atoms with Crippen molar-refractivity contribution in [3.63, 3.8) is 0 Å². The third-order valence-electron chi connectivity index (χ3n) is 5.21. The Morgan fingerprint density at radius 3 is 2.55 bits per heavy atom. The minimum Gasteiger partial charge on any atom is -0.334 e. The molecule has 1 aromatic rings. The van der Waals surface area contributed by atoms with Gasteiger partial charge in [-0.3, -0.25) is 4.79 Å². The Balaban J connectivity index is 1.85. The van der Waals surface area contributed by atoms with Crippen LogP contribution in [-0.2, 0) is 22.7 Å². The molecule has 5 heteroatoms. The molecule has 0 spiro atoms. The highest BCUT2D eigenvalue weighted by Gasteiger charge is 2.38. The summed E-state index contributed by atoms with van der Waals surface area (Å²) in [6.45, 7) is 3.83. The molecule has 1 heterocycles. The highest BCUT2D eigenvalue weighted by atomic mass is 32.2. The van der Waals surface area contributed by atoms with Crippen molar-refractivity contribution in [2.75, 3.05) is 12.3 Å². The smallest absolute Gasteiger partial charge is 0.254 e. The topological polar surface area (TPSA) is 54.5 Å². The highest BCUT2D eigenvalue weighted by Crippen LogP contribution is 2.25. The minimum atomic E-state index is -3.07. The molecule has 1 amide bonds. The Labute approximate surface area is 132 Å². The molecule has 1 fully saturated rings. The van der Waals surface area contributed by atoms with Crippen LogP contribution in [0.15, 0.2) is 18.2 Å². The van der Waals surface area contributed by atoms with Gasteiger partial charge in [-0.05, 0) is 62.8 Å². The summed E-state index contributed by atoms with van der Waals surface area (Å²) in [6.07, 6.45) is 4.54. The standard InChI is InChI=1S/C17H23NO3S/c1-12-13(2)22(20,21)10-9-18(12)17(19)16-8-7-14-5-3-4-6-15(14)11-16/h7-8,11-13H,3-6,9-10H2,1-2H3/t12-,13-/m0/s1. The fraction of sp³-hybridized carbons (Fsp3) is 0.588. The van der Waals surface area contributed by atoms with E-state index in [0.717, 1.165) is 12.8 Å². The van der Waals surface area contributed by atoms with Gasteiger partial charge in [0.05, 0.1) is 11.0 Å². The van der Waals surface area contributed by atoms with Crippen molar-refractivity contribution >= 4 is 15.7 Å². The fourth-order valence-electron chi connectivity index (χ4n) is 3.49. The van der Waals surface area contributed by atoms with Crippen LogP contribution in [0, 0.1) is 0 Å². The Morgan fingerprint density at radius 2 is 1.82 bits per heavy atom. The summed E-state index contributed by atoms with van der Waals surface area (Å²) < 4.78 is 23.9. The third kappa shape index (κ3) is 2.67. The Bertz CT molecular complexity index is 696. The van der Waals surface area contributed by atoms with Gasteiger partial charge in [0.1, 0.15) is 0 Å². The summed E-state index contributed by atoms with van der Waals surface area (Å²) in [5.41, 5.74) is 3.33. The lowest BCUT2D eigenvalue weighted by atomic mass is 9.90. The second-order valence-electron chi connectivity index (χ2n) is 6.50. The van der Waals surface area contributed by atoms with Crippen molar-refractivity contribution in [3.8, 4) is 0 Å². The molecule has 0 aromatic heterocycles. The Morgan fingerprint density at radius 1 is 1.14 bits per heavy atom. The Hall–Kier alpha value is -1.36. The van der Waals surface area contributed by atoms with E-state index in [9.17, 15) is 13.2 Å². The predicted octanol–water partition coefficient (Wildman–Crippen LogP) is 2.21. The largest absolute Gasteiger partial charge is 0.334 e. The normalized spacial score (nSPS) is 27.3. The molecule has 1 aliphatic heterocycles. The van der Waals surface area contributed by atoms with Gasteiger partial charge in [-0.15, -0.1) is 0 Å². The van der Waals surface area contributed by atoms with E-state index in [0.29, 0.717) is 12.1 Å². The van der Waals surface area contributed by atoms with E-state index in [4.69, 9.17) is 0 Å². The summed E-state index contributed by atoms with van der Waals surface area (Å²) in [5, 5.41) is -0.497. The van der Waals surface area contributed by atoms with Crippen molar-refractivity contribution in [3.05, 3.63) is 34.9 Å². The molecule has 0 N–H and O–H groups in total. The Kier molecular flexibility index (Phi) is 4.02. The lowest BCUT2D eigenvalue weighted by Crippen LogP contribution is -2.54. The number of rotatable bonds is 1. The van der Waals surface area contributed by atoms with Crippen LogP contribution < -0.4 is 0 Å². The van der Waals surface area contributed by atoms with Crippen molar-refractivity contribution in [1.82, 2.24) is 4.90 Å². The molecule has 1 aromatic carbocycles. The molecule has 120 valence electrons. The van der Waals surface area contributed by atoms with Crippen LogP contribution in [0.5, 0.6) is 0 Å². The van der Waals surface area contributed by atoms with E-state index in [1.54, 1.807) is 11.8 Å². The van der Waals surface area contributed by atoms with Crippen LogP contribution >= 0.6 is 0 Å². The number of aryl methyl sites for hydroxylation is 2. The zero-order chi connectivity index (χ0) is 15.9. The van der Waals surface area contributed by atoms with Gasteiger partial charge in [-0.1, -0.05) is 6.07 Å². The molecule has 1 saturated heterocycles. The molecular formula is C17H23NO3S. The van der Waals surface area contributed by atoms with Gasteiger partial charge >= 0.3 is 0 Å². The molecule has 1 aliphatic carbocycles. The predicted molar refractivity (Wildman–Crippen MR) is 86.8 cm³/mol. The minimum absolute atomic E-state index is 0.0392. The number of carbonyl (C=O) groups excluding carboxylic acids is 1. The quantitative estimate of drug-likeness (QED) is 0.797. The molecule has 0 unspecified atom stereocenters. The molecule has 2 atom stereocenters. The van der Waals surface area contributed by atoms with E-state index >= 15 is 0 Å². The average molecular weight is 321 g/mol. The lowest BCUT2D eigenvalue weighted by molar-refractivity contribution is 0.0693. The van der Waals surface area contributed by atoms with Gasteiger partial charge in [-0.25, -0.2) is 8.42 Å². The number of hydrogen-bond acceptors (Lipinski definition) is 3. The van der Waals surface area contributed by atoms with Gasteiger partial charge in [0.25, 0.3) is 5.91 Å². The molecular weight excluding hydrogens is 298 g/mol. The van der Waals surface area contributed by atoms with Crippen LogP contribution in [0.2, 0.25) is 0 Å². The molecule has 0 saturated carbocycles. The van der Waals surface area contributed by atoms with Crippen LogP contribution in [0.3, 0.4) is 0 Å². The lowest BCUT2D eigenvalue weighted by Gasteiger charge is -2.37. The van der Waals surface area contributed by atoms with Crippen LogP contribution in [-0.4, -0.2) is 42.8 Å². The van der Waals surface area contributed by atoms with Crippen LogP contribution in [0.25, 0.3) is 0 Å². The van der Waals surface area contributed by atoms with E-state index in [-0.39, 0.29) is 17.7 Å². The second-order valence-corrected chi connectivity index (χ2v) is 8.98. The van der Waals surface area contributed by atoms with Crippen molar-refractivity contribution in [1.29, 1.82) is 0 Å². The number of fused-ring (bicyclic) bond motifs is 1. The van der Waals surface area contributed by atoms with E-state index in [2.05, 4.69) is 6.07 Å². The molecule has 4 nitrogen and oxygen atoms in total. The summed E-state index contributed by atoms with van der Waals surface area (Å²) in [6, 6.07) is 5.70. The monoisotopic (exact) mass is 321 g/mol. The maximum Gasteiger partial charge on any atom is 0.254 e. The van der Waals surface area contributed by atoms with Gasteiger partial charge < -0.3 is 4.90 Å². The number of sulfone groups is 1. The van der Waals surface area contributed by atoms with Gasteiger partial charge in [-0.2, -0.15) is 0 Å². The number of carbonyl (C=O) groups is 1. The van der Waals surface area contributed by atoms with E-state index in [1.807, 2.05) is 19.1 Å². The molecule has 22 heavy (non-hydrogen) atoms. The number of amides is 1. The zero-order valence-electron chi connectivity index (χ0n) is 13.2. The van der Waals surface area contributed by atoms with Gasteiger partial charge in [0, 0.05) is 18.2 Å². The van der Waals surface area contributed by atoms with Gasteiger partial charge in [0.2, 0.25) is 0 Å². The van der Waals surface area contributed by atoms with Gasteiger partial charge in [0.15, 0.2) is 9.84 Å². The SMILES string of the molecule is C[C@H]1[C@H](C)S(=O)(=O)CCN1C(=O)c1ccc2c(c1)CCCC2. The first-order valence-corrected chi connectivity index (χ1v) is 9.76. The van der Waals surface area contributed by atoms with Crippen molar-refractivity contribution in [2.24, 2.45) is 0 Å². The molecule has 2 aliphatic rings. The summed E-state index contributed by atoms with van der Waals surface area (Å²) in [4.78, 5) is 14.5. The van der Waals surface area contributed by atoms with Crippen LogP contribution in [0.4, 0.5) is 0 Å². The average Bonchev–Trinajstić information content (AvgIpc) is 2.52. The van der Waals surface area contributed by atoms with Crippen molar-refractivity contribution < 1.29 is 13.2 Å². The first kappa shape index (κ1) is 15.5. The maximum atomic E-state index is 12.8. The number of benzene rings is 1. The summed E-state index contributed by atoms with van der Waals surface area (Å²) in [7, 11) is -3.07. The van der Waals surface area contributed by atoms with Crippen LogP contribution in [0.1, 0.15) is 48.2 Å². The number of nitrogens with zero attached hydrogens (tertiary/aromatic N) is 1. The summed E-state index contributed by atoms with van der Waals surface area (Å²) in [5.74, 6) is 0.0254. The van der Waals surface area contributed by atoms with E-state index < -0.39 is 15.1 Å². The molecule has 0 radical (unpaired) electrons. The van der Waals surface area contributed by atoms with Crippen molar-refractivity contribution in [2.45, 2.75) is 50.8 Å². The third-order valence-corrected chi connectivity index (χ3v) is 7.49. The zero-order valence-corrected chi connectivity index (χ0v) is 14.0. The van der Waals surface area contributed by atoms with E-state index in [1.165, 1.54) is 24.0 Å². The second kappa shape index (κ2) is 5.69. The highest BCUT2D eigenvalue weighted by molar-refractivity contribution is 7.92. The fourth-order valence-corrected chi connectivity index (χ4v) is 5.06. The molecule has 3 rings (SSSR count). The maximum absolute atomic E-state index is 12.8. The number of hydrogen-bond donors (Lipinski definition) is 0. The summed E-state index contributed by atoms with van der Waals surface area (Å²) >= 11 is 0. The molecule has 0 bridgehead atoms. The first-order valence-electron chi connectivity index (χ1n) is 8.04. The first-order chi connectivity index (χ1) is 10.4.